The molecule has 156 valence electrons. The molecule has 1 aromatic rings. The standard InChI is InChI=1S/C20H24FN3O4S/c21-15-6-8-16(9-7-15)29(27,28)23-11-3-10-22(12-13-23)14-24-19(25)17-4-1-2-5-18(17)20(24)26/h1-2,6-9,17-18H,3-5,10-14H2/t17-,18-/m1/s1. The molecule has 7 nitrogen and oxygen atoms in total. The zero-order valence-electron chi connectivity index (χ0n) is 16.0. The molecule has 9 heteroatoms. The number of fused-ring (bicyclic) bond motifs is 1. The fourth-order valence-corrected chi connectivity index (χ4v) is 5.76. The van der Waals surface area contributed by atoms with Crippen LogP contribution in [0.1, 0.15) is 19.3 Å². The van der Waals surface area contributed by atoms with Crippen molar-refractivity contribution < 1.29 is 22.4 Å². The normalized spacial score (nSPS) is 26.6. The van der Waals surface area contributed by atoms with E-state index in [1.165, 1.54) is 21.3 Å². The van der Waals surface area contributed by atoms with Crippen LogP contribution in [-0.4, -0.2) is 67.2 Å². The lowest BCUT2D eigenvalue weighted by molar-refractivity contribution is -0.142. The molecule has 2 aliphatic heterocycles. The number of halogens is 1. The van der Waals surface area contributed by atoms with Crippen LogP contribution in [0.5, 0.6) is 0 Å². The van der Waals surface area contributed by atoms with Crippen molar-refractivity contribution in [3.8, 4) is 0 Å². The molecule has 0 radical (unpaired) electrons. The molecule has 1 aromatic carbocycles. The highest BCUT2D eigenvalue weighted by atomic mass is 32.2. The number of allylic oxidation sites excluding steroid dienone is 2. The first-order valence-corrected chi connectivity index (χ1v) is 11.3. The van der Waals surface area contributed by atoms with Crippen molar-refractivity contribution in [2.24, 2.45) is 11.8 Å². The number of hydrogen-bond acceptors (Lipinski definition) is 5. The first kappa shape index (κ1) is 20.2. The van der Waals surface area contributed by atoms with Gasteiger partial charge in [-0.3, -0.25) is 19.4 Å². The number of carbonyl (C=O) groups is 2. The summed E-state index contributed by atoms with van der Waals surface area (Å²) in [7, 11) is -3.71. The molecule has 3 aliphatic rings. The smallest absolute Gasteiger partial charge is 0.243 e. The van der Waals surface area contributed by atoms with Gasteiger partial charge in [-0.15, -0.1) is 0 Å². The summed E-state index contributed by atoms with van der Waals surface area (Å²) in [4.78, 5) is 28.7. The number of rotatable bonds is 4. The van der Waals surface area contributed by atoms with E-state index in [-0.39, 0.29) is 41.8 Å². The fraction of sp³-hybridized carbons (Fsp3) is 0.500. The molecule has 0 saturated carbocycles. The second-order valence-electron chi connectivity index (χ2n) is 7.73. The van der Waals surface area contributed by atoms with Crippen molar-refractivity contribution >= 4 is 21.8 Å². The molecule has 0 aromatic heterocycles. The number of carbonyl (C=O) groups excluding carboxylic acids is 2. The van der Waals surface area contributed by atoms with Gasteiger partial charge in [-0.05, 0) is 43.5 Å². The van der Waals surface area contributed by atoms with E-state index in [1.807, 2.05) is 17.1 Å². The maximum absolute atomic E-state index is 13.1. The monoisotopic (exact) mass is 421 g/mol. The highest BCUT2D eigenvalue weighted by Crippen LogP contribution is 2.35. The van der Waals surface area contributed by atoms with Crippen LogP contribution in [-0.2, 0) is 19.6 Å². The molecule has 4 rings (SSSR count). The van der Waals surface area contributed by atoms with Crippen LogP contribution in [0.25, 0.3) is 0 Å². The van der Waals surface area contributed by atoms with Crippen molar-refractivity contribution in [3.63, 3.8) is 0 Å². The van der Waals surface area contributed by atoms with Crippen molar-refractivity contribution in [1.82, 2.24) is 14.1 Å². The molecule has 1 aliphatic carbocycles. The molecule has 2 amide bonds. The predicted molar refractivity (Wildman–Crippen MR) is 103 cm³/mol. The highest BCUT2D eigenvalue weighted by Gasteiger charge is 2.47. The summed E-state index contributed by atoms with van der Waals surface area (Å²) in [5, 5.41) is 0. The maximum Gasteiger partial charge on any atom is 0.243 e. The lowest BCUT2D eigenvalue weighted by Gasteiger charge is -2.26. The minimum atomic E-state index is -3.71. The zero-order chi connectivity index (χ0) is 20.6. The minimum Gasteiger partial charge on any atom is -0.284 e. The van der Waals surface area contributed by atoms with E-state index in [1.54, 1.807) is 0 Å². The molecule has 0 unspecified atom stereocenters. The quantitative estimate of drug-likeness (QED) is 0.543. The lowest BCUT2D eigenvalue weighted by atomic mass is 9.85. The maximum atomic E-state index is 13.1. The largest absolute Gasteiger partial charge is 0.284 e. The number of nitrogens with zero attached hydrogens (tertiary/aromatic N) is 3. The van der Waals surface area contributed by atoms with E-state index >= 15 is 0 Å². The lowest BCUT2D eigenvalue weighted by Crippen LogP contribution is -2.43. The van der Waals surface area contributed by atoms with Crippen LogP contribution in [0.15, 0.2) is 41.3 Å². The molecule has 2 atom stereocenters. The predicted octanol–water partition coefficient (Wildman–Crippen LogP) is 1.43. The molecule has 0 spiro atoms. The van der Waals surface area contributed by atoms with Gasteiger partial charge in [0.05, 0.1) is 23.4 Å². The van der Waals surface area contributed by atoms with Crippen LogP contribution in [0, 0.1) is 17.7 Å². The Balaban J connectivity index is 1.41. The molecular weight excluding hydrogens is 397 g/mol. The van der Waals surface area contributed by atoms with Gasteiger partial charge in [0.25, 0.3) is 0 Å². The van der Waals surface area contributed by atoms with Gasteiger partial charge in [-0.25, -0.2) is 12.8 Å². The molecular formula is C20H24FN3O4S. The number of sulfonamides is 1. The highest BCUT2D eigenvalue weighted by molar-refractivity contribution is 7.89. The summed E-state index contributed by atoms with van der Waals surface area (Å²) in [6, 6.07) is 4.81. The van der Waals surface area contributed by atoms with Crippen molar-refractivity contribution in [1.29, 1.82) is 0 Å². The Morgan fingerprint density at radius 1 is 0.897 bits per heavy atom. The number of likely N-dealkylation sites (tertiary alicyclic amines) is 1. The fourth-order valence-electron chi connectivity index (χ4n) is 4.29. The van der Waals surface area contributed by atoms with Crippen LogP contribution in [0.2, 0.25) is 0 Å². The van der Waals surface area contributed by atoms with Gasteiger partial charge in [0.2, 0.25) is 21.8 Å². The number of hydrogen-bond donors (Lipinski definition) is 0. The summed E-state index contributed by atoms with van der Waals surface area (Å²) in [6.45, 7) is 1.82. The van der Waals surface area contributed by atoms with Crippen LogP contribution < -0.4 is 0 Å². The van der Waals surface area contributed by atoms with Crippen molar-refractivity contribution in [3.05, 3.63) is 42.2 Å². The van der Waals surface area contributed by atoms with Crippen LogP contribution >= 0.6 is 0 Å². The zero-order valence-corrected chi connectivity index (χ0v) is 16.9. The number of benzene rings is 1. The number of amides is 2. The van der Waals surface area contributed by atoms with E-state index in [0.717, 1.165) is 12.1 Å². The molecule has 2 saturated heterocycles. The first-order valence-electron chi connectivity index (χ1n) is 9.86. The van der Waals surface area contributed by atoms with Crippen LogP contribution in [0.3, 0.4) is 0 Å². The van der Waals surface area contributed by atoms with Gasteiger partial charge < -0.3 is 0 Å². The van der Waals surface area contributed by atoms with E-state index in [9.17, 15) is 22.4 Å². The van der Waals surface area contributed by atoms with Gasteiger partial charge in [-0.1, -0.05) is 12.2 Å². The Hall–Kier alpha value is -2.10. The molecule has 2 fully saturated rings. The third kappa shape index (κ3) is 3.86. The first-order chi connectivity index (χ1) is 13.9. The van der Waals surface area contributed by atoms with Gasteiger partial charge in [0, 0.05) is 26.2 Å². The van der Waals surface area contributed by atoms with Gasteiger partial charge in [0.1, 0.15) is 5.82 Å². The topological polar surface area (TPSA) is 78.0 Å². The summed E-state index contributed by atoms with van der Waals surface area (Å²) >= 11 is 0. The second-order valence-corrected chi connectivity index (χ2v) is 9.67. The number of imide groups is 1. The van der Waals surface area contributed by atoms with Gasteiger partial charge in [-0.2, -0.15) is 4.31 Å². The average molecular weight is 421 g/mol. The second kappa shape index (κ2) is 7.97. The third-order valence-corrected chi connectivity index (χ3v) is 7.85. The molecule has 0 bridgehead atoms. The summed E-state index contributed by atoms with van der Waals surface area (Å²) < 4.78 is 40.2. The average Bonchev–Trinajstić information content (AvgIpc) is 2.88. The van der Waals surface area contributed by atoms with Crippen molar-refractivity contribution in [2.45, 2.75) is 24.2 Å². The Kier molecular flexibility index (Phi) is 5.54. The van der Waals surface area contributed by atoms with E-state index < -0.39 is 15.8 Å². The summed E-state index contributed by atoms with van der Waals surface area (Å²) in [5.74, 6) is -1.24. The van der Waals surface area contributed by atoms with E-state index in [4.69, 9.17) is 0 Å². The molecule has 0 N–H and O–H groups in total. The Bertz CT molecular complexity index is 906. The Morgan fingerprint density at radius 3 is 2.14 bits per heavy atom. The molecule has 29 heavy (non-hydrogen) atoms. The molecule has 2 heterocycles. The van der Waals surface area contributed by atoms with Gasteiger partial charge >= 0.3 is 0 Å². The Labute approximate surface area is 169 Å². The van der Waals surface area contributed by atoms with E-state index in [0.29, 0.717) is 38.9 Å². The third-order valence-electron chi connectivity index (χ3n) is 5.94. The van der Waals surface area contributed by atoms with Crippen LogP contribution in [0.4, 0.5) is 4.39 Å². The summed E-state index contributed by atoms with van der Waals surface area (Å²) in [5.41, 5.74) is 0. The Morgan fingerprint density at radius 2 is 1.52 bits per heavy atom. The SMILES string of the molecule is O=C1[C@@H]2CC=CC[C@H]2C(=O)N1CN1CCCN(S(=O)(=O)c2ccc(F)cc2)CC1. The van der Waals surface area contributed by atoms with Crippen molar-refractivity contribution in [2.75, 3.05) is 32.8 Å². The van der Waals surface area contributed by atoms with E-state index in [2.05, 4.69) is 0 Å². The minimum absolute atomic E-state index is 0.0637. The summed E-state index contributed by atoms with van der Waals surface area (Å²) in [6.07, 6.45) is 5.72. The van der Waals surface area contributed by atoms with Gasteiger partial charge in [0.15, 0.2) is 0 Å².